The number of sulfonamides is 1. The number of para-hydroxylation sites is 1. The average Bonchev–Trinajstić information content (AvgIpc) is 3.02. The van der Waals surface area contributed by atoms with Crippen LogP contribution in [0, 0.1) is 6.92 Å². The summed E-state index contributed by atoms with van der Waals surface area (Å²) in [4.78, 5) is 29.5. The number of nitrogens with one attached hydrogen (secondary N) is 1. The molecule has 4 aromatic rings. The van der Waals surface area contributed by atoms with Crippen molar-refractivity contribution in [3.05, 3.63) is 125 Å². The molecule has 0 aliphatic rings. The average molecular weight is 634 g/mol. The topological polar surface area (TPSA) is 96.0 Å². The molecule has 0 saturated carbocycles. The normalized spacial score (nSPS) is 11.8. The fraction of sp³-hybridized carbons (Fsp3) is 0.235. The van der Waals surface area contributed by atoms with Crippen molar-refractivity contribution in [1.29, 1.82) is 0 Å². The molecular formula is C34H36ClN3O5S. The number of rotatable bonds is 13. The maximum absolute atomic E-state index is 14.5. The molecule has 8 nitrogen and oxygen atoms in total. The molecule has 0 fully saturated rings. The number of anilines is 1. The number of nitrogens with zero attached hydrogens (tertiary/aromatic N) is 2. The van der Waals surface area contributed by atoms with Gasteiger partial charge in [-0.2, -0.15) is 0 Å². The summed E-state index contributed by atoms with van der Waals surface area (Å²) in [6.45, 7) is 3.47. The van der Waals surface area contributed by atoms with Crippen LogP contribution in [-0.2, 0) is 32.6 Å². The molecule has 0 spiro atoms. The standard InChI is InChI=1S/C34H36ClN3O5S/c1-4-36-34(40)32(22-26-12-6-5-7-13-26)37(23-27-14-10-15-29(21-27)43-3)33(39)24-38(31-16-9-8-11-25(31)2)44(41,42)30-19-17-28(35)18-20-30/h5-21,32H,4,22-24H2,1-3H3,(H,36,40). The number of ether oxygens (including phenoxy) is 1. The first-order valence-corrected chi connectivity index (χ1v) is 16.0. The fourth-order valence-corrected chi connectivity index (χ4v) is 6.51. The Morgan fingerprint density at radius 1 is 0.886 bits per heavy atom. The van der Waals surface area contributed by atoms with Crippen LogP contribution in [0.5, 0.6) is 5.75 Å². The van der Waals surface area contributed by atoms with Crippen LogP contribution in [0.15, 0.2) is 108 Å². The summed E-state index contributed by atoms with van der Waals surface area (Å²) in [5.41, 5.74) is 2.61. The van der Waals surface area contributed by atoms with Crippen molar-refractivity contribution < 1.29 is 22.7 Å². The summed E-state index contributed by atoms with van der Waals surface area (Å²) < 4.78 is 34.7. The first-order valence-electron chi connectivity index (χ1n) is 14.2. The monoisotopic (exact) mass is 633 g/mol. The predicted molar refractivity (Wildman–Crippen MR) is 173 cm³/mol. The van der Waals surface area contributed by atoms with Gasteiger partial charge in [-0.1, -0.05) is 72.3 Å². The highest BCUT2D eigenvalue weighted by Crippen LogP contribution is 2.28. The quantitative estimate of drug-likeness (QED) is 0.206. The van der Waals surface area contributed by atoms with E-state index in [1.54, 1.807) is 56.5 Å². The number of amides is 2. The van der Waals surface area contributed by atoms with E-state index in [4.69, 9.17) is 16.3 Å². The molecule has 0 aliphatic heterocycles. The van der Waals surface area contributed by atoms with Crippen molar-refractivity contribution in [1.82, 2.24) is 10.2 Å². The zero-order valence-corrected chi connectivity index (χ0v) is 26.5. The number of aryl methyl sites for hydroxylation is 1. The van der Waals surface area contributed by atoms with Crippen molar-refractivity contribution in [3.63, 3.8) is 0 Å². The van der Waals surface area contributed by atoms with Crippen molar-refractivity contribution in [2.75, 3.05) is 24.5 Å². The van der Waals surface area contributed by atoms with Gasteiger partial charge < -0.3 is 15.0 Å². The minimum absolute atomic E-state index is 0.0122. The van der Waals surface area contributed by atoms with Crippen molar-refractivity contribution in [2.24, 2.45) is 0 Å². The molecule has 1 N–H and O–H groups in total. The minimum atomic E-state index is -4.21. The van der Waals surface area contributed by atoms with Crippen molar-refractivity contribution >= 4 is 39.1 Å². The first-order chi connectivity index (χ1) is 21.1. The summed E-state index contributed by atoms with van der Waals surface area (Å²) in [7, 11) is -2.66. The van der Waals surface area contributed by atoms with Gasteiger partial charge in [0.05, 0.1) is 17.7 Å². The third-order valence-corrected chi connectivity index (χ3v) is 9.20. The lowest BCUT2D eigenvalue weighted by molar-refractivity contribution is -0.140. The van der Waals surface area contributed by atoms with Gasteiger partial charge in [-0.3, -0.25) is 13.9 Å². The smallest absolute Gasteiger partial charge is 0.264 e. The van der Waals surface area contributed by atoms with Gasteiger partial charge in [0, 0.05) is 24.5 Å². The second-order valence-corrected chi connectivity index (χ2v) is 12.5. The summed E-state index contributed by atoms with van der Waals surface area (Å²) in [5, 5.41) is 3.25. The number of likely N-dealkylation sites (N-methyl/N-ethyl adjacent to an activating group) is 1. The molecule has 0 heterocycles. The summed E-state index contributed by atoms with van der Waals surface area (Å²) in [6.07, 6.45) is 0.233. The summed E-state index contributed by atoms with van der Waals surface area (Å²) in [6, 6.07) is 28.5. The number of halogens is 1. The van der Waals surface area contributed by atoms with Crippen molar-refractivity contribution in [2.45, 2.75) is 37.8 Å². The summed E-state index contributed by atoms with van der Waals surface area (Å²) in [5.74, 6) is -0.282. The minimum Gasteiger partial charge on any atom is -0.497 e. The first kappa shape index (κ1) is 32.6. The third-order valence-electron chi connectivity index (χ3n) is 7.17. The van der Waals surface area contributed by atoms with Crippen LogP contribution in [0.4, 0.5) is 5.69 Å². The molecule has 0 saturated heterocycles. The van der Waals surface area contributed by atoms with Crippen molar-refractivity contribution in [3.8, 4) is 5.75 Å². The molecular weight excluding hydrogens is 598 g/mol. The zero-order valence-electron chi connectivity index (χ0n) is 24.9. The van der Waals surface area contributed by atoms with Gasteiger partial charge in [0.25, 0.3) is 10.0 Å². The second-order valence-electron chi connectivity index (χ2n) is 10.2. The van der Waals surface area contributed by atoms with Crippen LogP contribution in [0.2, 0.25) is 5.02 Å². The molecule has 0 aliphatic carbocycles. The maximum Gasteiger partial charge on any atom is 0.264 e. The van der Waals surface area contributed by atoms with Crippen LogP contribution in [0.1, 0.15) is 23.6 Å². The van der Waals surface area contributed by atoms with Gasteiger partial charge in [-0.15, -0.1) is 0 Å². The molecule has 4 rings (SSSR count). The van der Waals surface area contributed by atoms with E-state index in [1.807, 2.05) is 43.3 Å². The van der Waals surface area contributed by atoms with Gasteiger partial charge in [0.2, 0.25) is 11.8 Å². The molecule has 10 heteroatoms. The molecule has 0 bridgehead atoms. The number of hydrogen-bond acceptors (Lipinski definition) is 5. The molecule has 4 aromatic carbocycles. The van der Waals surface area contributed by atoms with Crippen LogP contribution < -0.4 is 14.4 Å². The highest BCUT2D eigenvalue weighted by molar-refractivity contribution is 7.92. The Labute approximate surface area is 264 Å². The molecule has 0 radical (unpaired) electrons. The zero-order chi connectivity index (χ0) is 31.7. The second kappa shape index (κ2) is 14.9. The summed E-state index contributed by atoms with van der Waals surface area (Å²) >= 11 is 6.05. The Morgan fingerprint density at radius 2 is 1.55 bits per heavy atom. The fourth-order valence-electron chi connectivity index (χ4n) is 4.90. The Balaban J connectivity index is 1.81. The van der Waals surface area contributed by atoms with E-state index in [9.17, 15) is 18.0 Å². The molecule has 1 atom stereocenters. The molecule has 1 unspecified atom stereocenters. The SMILES string of the molecule is CCNC(=O)C(Cc1ccccc1)N(Cc1cccc(OC)c1)C(=O)CN(c1ccccc1C)S(=O)(=O)c1ccc(Cl)cc1. The lowest BCUT2D eigenvalue weighted by atomic mass is 10.0. The van der Waals surface area contributed by atoms with Crippen LogP contribution in [-0.4, -0.2) is 51.4 Å². The molecule has 230 valence electrons. The Bertz CT molecular complexity index is 1680. The van der Waals surface area contributed by atoms with Gasteiger partial charge in [-0.05, 0) is 73.0 Å². The van der Waals surface area contributed by atoms with Crippen LogP contribution in [0.25, 0.3) is 0 Å². The number of carbonyl (C=O) groups excluding carboxylic acids is 2. The highest BCUT2D eigenvalue weighted by atomic mass is 35.5. The maximum atomic E-state index is 14.5. The van der Waals surface area contributed by atoms with Gasteiger partial charge in [0.1, 0.15) is 18.3 Å². The Kier molecular flexibility index (Phi) is 11.0. The third kappa shape index (κ3) is 7.98. The van der Waals surface area contributed by atoms with Gasteiger partial charge in [-0.25, -0.2) is 8.42 Å². The molecule has 44 heavy (non-hydrogen) atoms. The number of hydrogen-bond donors (Lipinski definition) is 1. The molecule has 0 aromatic heterocycles. The van der Waals surface area contributed by atoms with Gasteiger partial charge >= 0.3 is 0 Å². The lowest BCUT2D eigenvalue weighted by Crippen LogP contribution is -2.53. The highest BCUT2D eigenvalue weighted by Gasteiger charge is 2.35. The Hall–Kier alpha value is -4.34. The predicted octanol–water partition coefficient (Wildman–Crippen LogP) is 5.63. The van der Waals surface area contributed by atoms with Gasteiger partial charge in [0.15, 0.2) is 0 Å². The largest absolute Gasteiger partial charge is 0.497 e. The van der Waals surface area contributed by atoms with Crippen LogP contribution >= 0.6 is 11.6 Å². The number of methoxy groups -OCH3 is 1. The molecule has 2 amide bonds. The van der Waals surface area contributed by atoms with E-state index >= 15 is 0 Å². The van der Waals surface area contributed by atoms with Crippen LogP contribution in [0.3, 0.4) is 0 Å². The Morgan fingerprint density at radius 3 is 2.20 bits per heavy atom. The van der Waals surface area contributed by atoms with E-state index in [0.29, 0.717) is 28.6 Å². The van der Waals surface area contributed by atoms with E-state index in [-0.39, 0.29) is 23.8 Å². The van der Waals surface area contributed by atoms with E-state index in [1.165, 1.54) is 29.2 Å². The lowest BCUT2D eigenvalue weighted by Gasteiger charge is -2.34. The van der Waals surface area contributed by atoms with E-state index in [2.05, 4.69) is 5.32 Å². The van der Waals surface area contributed by atoms with E-state index < -0.39 is 28.5 Å². The number of carbonyl (C=O) groups is 2. The van der Waals surface area contributed by atoms with E-state index in [0.717, 1.165) is 15.4 Å². The number of benzene rings is 4.